The Morgan fingerprint density at radius 2 is 1.38 bits per heavy atom. The van der Waals surface area contributed by atoms with Gasteiger partial charge in [0.1, 0.15) is 6.61 Å². The van der Waals surface area contributed by atoms with Crippen molar-refractivity contribution in [2.75, 3.05) is 0 Å². The molecule has 2 aliphatic carbocycles. The number of aliphatic imine (C=N–C) groups is 1. The van der Waals surface area contributed by atoms with Crippen LogP contribution in [-0.4, -0.2) is 17.6 Å². The molecule has 2 fully saturated rings. The second kappa shape index (κ2) is 14.0. The zero-order valence-corrected chi connectivity index (χ0v) is 24.4. The molecule has 2 saturated carbocycles. The molecule has 2 nitrogen and oxygen atoms in total. The molecule has 0 spiro atoms. The normalized spacial score (nSPS) is 22.1. The summed E-state index contributed by atoms with van der Waals surface area (Å²) in [4.78, 5) is 5.10. The van der Waals surface area contributed by atoms with Crippen LogP contribution in [0.5, 0.6) is 0 Å². The average Bonchev–Trinajstić information content (AvgIpc) is 3.70. The van der Waals surface area contributed by atoms with Crippen molar-refractivity contribution in [3.63, 3.8) is 0 Å². The molecule has 5 heteroatoms. The molecule has 37 heavy (non-hydrogen) atoms. The first kappa shape index (κ1) is 28.4. The minimum Gasteiger partial charge on any atom is -0.473 e. The molecule has 0 aromatic heterocycles. The van der Waals surface area contributed by atoms with Crippen molar-refractivity contribution < 1.29 is 21.8 Å². The van der Waals surface area contributed by atoms with Crippen molar-refractivity contribution in [3.05, 3.63) is 95.0 Å². The van der Waals surface area contributed by atoms with Crippen molar-refractivity contribution in [2.24, 2.45) is 10.9 Å². The SMILES string of the molecule is C1CCCC1.C[C@@H](N=C1OCc2cccc(Cl)c21)C1CCCC1P(c1ccccc1)c1ccccc1.[Fe]. The van der Waals surface area contributed by atoms with Crippen LogP contribution in [0, 0.1) is 5.92 Å². The maximum absolute atomic E-state index is 6.49. The molecule has 1 aliphatic heterocycles. The fourth-order valence-electron chi connectivity index (χ4n) is 5.97. The van der Waals surface area contributed by atoms with E-state index in [1.54, 1.807) is 0 Å². The average molecular weight is 574 g/mol. The summed E-state index contributed by atoms with van der Waals surface area (Å²) in [6.45, 7) is 2.83. The molecule has 3 aromatic carbocycles. The van der Waals surface area contributed by atoms with Gasteiger partial charge in [-0.2, -0.15) is 0 Å². The zero-order chi connectivity index (χ0) is 24.7. The third-order valence-electron chi connectivity index (χ3n) is 7.80. The molecule has 1 heterocycles. The van der Waals surface area contributed by atoms with E-state index in [0.29, 0.717) is 18.2 Å². The smallest absolute Gasteiger partial charge is 0.218 e. The Kier molecular flexibility index (Phi) is 10.7. The van der Waals surface area contributed by atoms with E-state index in [1.807, 2.05) is 12.1 Å². The maximum Gasteiger partial charge on any atom is 0.218 e. The second-order valence-electron chi connectivity index (χ2n) is 10.2. The van der Waals surface area contributed by atoms with Gasteiger partial charge in [-0.05, 0) is 55.9 Å². The van der Waals surface area contributed by atoms with Gasteiger partial charge in [0.25, 0.3) is 0 Å². The Balaban J connectivity index is 0.000000479. The fraction of sp³-hybridized carbons (Fsp3) is 0.406. The van der Waals surface area contributed by atoms with Crippen LogP contribution in [0.25, 0.3) is 0 Å². The number of halogens is 1. The third-order valence-corrected chi connectivity index (χ3v) is 11.1. The van der Waals surface area contributed by atoms with Crippen LogP contribution >= 0.6 is 19.5 Å². The van der Waals surface area contributed by atoms with Crippen molar-refractivity contribution >= 4 is 36.0 Å². The summed E-state index contributed by atoms with van der Waals surface area (Å²) < 4.78 is 5.97. The van der Waals surface area contributed by atoms with Crippen LogP contribution in [0.1, 0.15) is 69.4 Å². The minimum atomic E-state index is -0.437. The first-order valence-corrected chi connectivity index (χ1v) is 15.4. The Hall–Kier alpha value is -1.63. The summed E-state index contributed by atoms with van der Waals surface area (Å²) >= 11 is 6.49. The molecule has 0 radical (unpaired) electrons. The van der Waals surface area contributed by atoms with Gasteiger partial charge < -0.3 is 4.74 Å². The Morgan fingerprint density at radius 3 is 1.97 bits per heavy atom. The van der Waals surface area contributed by atoms with Gasteiger partial charge >= 0.3 is 0 Å². The van der Waals surface area contributed by atoms with Crippen molar-refractivity contribution in [2.45, 2.75) is 76.6 Å². The van der Waals surface area contributed by atoms with E-state index in [4.69, 9.17) is 21.3 Å². The summed E-state index contributed by atoms with van der Waals surface area (Å²) in [5.41, 5.74) is 2.74. The van der Waals surface area contributed by atoms with Crippen LogP contribution in [0.4, 0.5) is 0 Å². The quantitative estimate of drug-likeness (QED) is 0.222. The number of benzene rings is 3. The molecule has 3 aliphatic rings. The van der Waals surface area contributed by atoms with Crippen molar-refractivity contribution in [3.8, 4) is 0 Å². The minimum absolute atomic E-state index is 0. The van der Waals surface area contributed by atoms with Gasteiger partial charge in [0, 0.05) is 22.6 Å². The largest absolute Gasteiger partial charge is 0.473 e. The molecule has 0 amide bonds. The van der Waals surface area contributed by atoms with Crippen LogP contribution < -0.4 is 10.6 Å². The van der Waals surface area contributed by atoms with Crippen LogP contribution in [0.15, 0.2) is 83.9 Å². The van der Waals surface area contributed by atoms with Crippen LogP contribution in [0.3, 0.4) is 0 Å². The number of rotatable bonds is 5. The van der Waals surface area contributed by atoms with E-state index < -0.39 is 7.92 Å². The van der Waals surface area contributed by atoms with Crippen LogP contribution in [-0.2, 0) is 28.4 Å². The van der Waals surface area contributed by atoms with E-state index in [9.17, 15) is 0 Å². The molecular weight excluding hydrogens is 537 g/mol. The Labute approximate surface area is 239 Å². The summed E-state index contributed by atoms with van der Waals surface area (Å²) in [6, 6.07) is 28.3. The van der Waals surface area contributed by atoms with E-state index in [0.717, 1.165) is 22.0 Å². The molecular formula is C32H37ClFeNOP. The number of hydrogen-bond donors (Lipinski definition) is 0. The molecule has 0 saturated heterocycles. The number of hydrogen-bond acceptors (Lipinski definition) is 2. The van der Waals surface area contributed by atoms with E-state index >= 15 is 0 Å². The van der Waals surface area contributed by atoms with E-state index in [-0.39, 0.29) is 23.1 Å². The first-order chi connectivity index (χ1) is 17.7. The van der Waals surface area contributed by atoms with Gasteiger partial charge in [-0.1, -0.05) is 123 Å². The number of nitrogens with zero attached hydrogens (tertiary/aromatic N) is 1. The molecule has 3 atom stereocenters. The predicted molar refractivity (Wildman–Crippen MR) is 156 cm³/mol. The van der Waals surface area contributed by atoms with E-state index in [2.05, 4.69) is 73.7 Å². The topological polar surface area (TPSA) is 21.6 Å². The van der Waals surface area contributed by atoms with Gasteiger partial charge in [-0.25, -0.2) is 4.99 Å². The third kappa shape index (κ3) is 6.88. The summed E-state index contributed by atoms with van der Waals surface area (Å²) in [5, 5.41) is 3.66. The Morgan fingerprint density at radius 1 is 0.784 bits per heavy atom. The molecule has 2 unspecified atom stereocenters. The van der Waals surface area contributed by atoms with Crippen LogP contribution in [0.2, 0.25) is 5.02 Å². The predicted octanol–water partition coefficient (Wildman–Crippen LogP) is 8.25. The van der Waals surface area contributed by atoms with Gasteiger partial charge in [-0.15, -0.1) is 0 Å². The molecule has 196 valence electrons. The molecule has 0 N–H and O–H groups in total. The number of ether oxygens (including phenoxy) is 1. The fourth-order valence-corrected chi connectivity index (χ4v) is 9.52. The van der Waals surface area contributed by atoms with Gasteiger partial charge in [0.2, 0.25) is 5.90 Å². The van der Waals surface area contributed by atoms with Gasteiger partial charge in [0.15, 0.2) is 0 Å². The van der Waals surface area contributed by atoms with E-state index in [1.165, 1.54) is 62.0 Å². The maximum atomic E-state index is 6.49. The van der Waals surface area contributed by atoms with Crippen molar-refractivity contribution in [1.82, 2.24) is 0 Å². The first-order valence-electron chi connectivity index (χ1n) is 13.6. The molecule has 3 aromatic rings. The van der Waals surface area contributed by atoms with Crippen molar-refractivity contribution in [1.29, 1.82) is 0 Å². The number of fused-ring (bicyclic) bond motifs is 1. The summed E-state index contributed by atoms with van der Waals surface area (Å²) in [5.74, 6) is 1.26. The summed E-state index contributed by atoms with van der Waals surface area (Å²) in [7, 11) is -0.437. The monoisotopic (exact) mass is 573 g/mol. The molecule has 6 rings (SSSR count). The summed E-state index contributed by atoms with van der Waals surface area (Å²) in [6.07, 6.45) is 11.2. The Bertz CT molecular complexity index is 1100. The second-order valence-corrected chi connectivity index (χ2v) is 13.1. The standard InChI is InChI=1S/C27H27ClNOP.C5H10.Fe/c1-19(29-27-26-20(18-30-27)10-8-16-24(26)28)23-15-9-17-25(23)31(21-11-4-2-5-12-21)22-13-6-3-7-14-22;1-2-4-5-3-1;/h2-8,10-14,16,19,23,25H,9,15,17-18H2,1H3;1-5H2;/t19-,23?,25?;;/m1../s1. The molecule has 0 bridgehead atoms. The van der Waals surface area contributed by atoms with Gasteiger partial charge in [0.05, 0.1) is 16.6 Å². The zero-order valence-electron chi connectivity index (χ0n) is 21.6. The van der Waals surface area contributed by atoms with Gasteiger partial charge in [-0.3, -0.25) is 0 Å².